The van der Waals surface area contributed by atoms with Crippen LogP contribution in [0.2, 0.25) is 0 Å². The van der Waals surface area contributed by atoms with E-state index in [-0.39, 0.29) is 6.04 Å². The third-order valence-corrected chi connectivity index (χ3v) is 2.43. The van der Waals surface area contributed by atoms with Gasteiger partial charge in [0.2, 0.25) is 0 Å². The SMILES string of the molecule is CC(Nc1ccc(C(F)(F)F)cn1)c1ccco1. The topological polar surface area (TPSA) is 38.1 Å². The Balaban J connectivity index is 2.07. The van der Waals surface area contributed by atoms with E-state index < -0.39 is 11.7 Å². The van der Waals surface area contributed by atoms with E-state index >= 15 is 0 Å². The summed E-state index contributed by atoms with van der Waals surface area (Å²) in [6.45, 7) is 1.83. The van der Waals surface area contributed by atoms with Crippen molar-refractivity contribution in [1.29, 1.82) is 0 Å². The van der Waals surface area contributed by atoms with Crippen LogP contribution in [0.5, 0.6) is 0 Å². The minimum absolute atomic E-state index is 0.163. The van der Waals surface area contributed by atoms with Gasteiger partial charge in [-0.25, -0.2) is 4.98 Å². The number of anilines is 1. The minimum Gasteiger partial charge on any atom is -0.467 e. The first kappa shape index (κ1) is 12.5. The van der Waals surface area contributed by atoms with Crippen LogP contribution < -0.4 is 5.32 Å². The van der Waals surface area contributed by atoms with Crippen LogP contribution in [0.25, 0.3) is 0 Å². The first-order chi connectivity index (χ1) is 8.47. The third kappa shape index (κ3) is 2.82. The fourth-order valence-electron chi connectivity index (χ4n) is 1.48. The van der Waals surface area contributed by atoms with E-state index in [2.05, 4.69) is 10.3 Å². The lowest BCUT2D eigenvalue weighted by atomic mass is 10.2. The van der Waals surface area contributed by atoms with Crippen molar-refractivity contribution in [3.05, 3.63) is 48.0 Å². The number of nitrogens with zero attached hydrogens (tertiary/aromatic N) is 1. The Hall–Kier alpha value is -1.98. The molecule has 2 aromatic heterocycles. The summed E-state index contributed by atoms with van der Waals surface area (Å²) in [6, 6.07) is 5.64. The maximum atomic E-state index is 12.3. The molecule has 0 saturated carbocycles. The van der Waals surface area contributed by atoms with Crippen LogP contribution in [0, 0.1) is 0 Å². The van der Waals surface area contributed by atoms with Crippen LogP contribution in [-0.2, 0) is 6.18 Å². The number of furan rings is 1. The monoisotopic (exact) mass is 256 g/mol. The van der Waals surface area contributed by atoms with Gasteiger partial charge in [0.05, 0.1) is 17.9 Å². The standard InChI is InChI=1S/C12H11F3N2O/c1-8(10-3-2-6-18-10)17-11-5-4-9(7-16-11)12(13,14)15/h2-8H,1H3,(H,16,17). The molecular weight excluding hydrogens is 245 g/mol. The molecule has 2 heterocycles. The summed E-state index contributed by atoms with van der Waals surface area (Å²) in [7, 11) is 0. The number of pyridine rings is 1. The van der Waals surface area contributed by atoms with Gasteiger partial charge in [0.1, 0.15) is 11.6 Å². The van der Waals surface area contributed by atoms with Gasteiger partial charge in [-0.3, -0.25) is 0 Å². The van der Waals surface area contributed by atoms with Gasteiger partial charge < -0.3 is 9.73 Å². The van der Waals surface area contributed by atoms with Gasteiger partial charge in [0.15, 0.2) is 0 Å². The summed E-state index contributed by atoms with van der Waals surface area (Å²) in [5.41, 5.74) is -0.765. The number of nitrogens with one attached hydrogen (secondary N) is 1. The highest BCUT2D eigenvalue weighted by molar-refractivity contribution is 5.38. The molecule has 2 aromatic rings. The normalized spacial score (nSPS) is 13.3. The average Bonchev–Trinajstić information content (AvgIpc) is 2.82. The molecule has 18 heavy (non-hydrogen) atoms. The van der Waals surface area contributed by atoms with Gasteiger partial charge in [0.25, 0.3) is 0 Å². The molecule has 0 radical (unpaired) electrons. The Morgan fingerprint density at radius 2 is 2.06 bits per heavy atom. The lowest BCUT2D eigenvalue weighted by Gasteiger charge is -2.12. The molecule has 0 saturated heterocycles. The molecular formula is C12H11F3N2O. The lowest BCUT2D eigenvalue weighted by molar-refractivity contribution is -0.137. The summed E-state index contributed by atoms with van der Waals surface area (Å²) in [5.74, 6) is 1.06. The zero-order chi connectivity index (χ0) is 13.2. The van der Waals surface area contributed by atoms with Crippen molar-refractivity contribution < 1.29 is 17.6 Å². The van der Waals surface area contributed by atoms with E-state index in [4.69, 9.17) is 4.42 Å². The molecule has 1 atom stereocenters. The maximum Gasteiger partial charge on any atom is 0.417 e. The second kappa shape index (κ2) is 4.72. The quantitative estimate of drug-likeness (QED) is 0.905. The number of halogens is 3. The third-order valence-electron chi connectivity index (χ3n) is 2.43. The van der Waals surface area contributed by atoms with Crippen LogP contribution in [0.4, 0.5) is 19.0 Å². The molecule has 3 nitrogen and oxygen atoms in total. The second-order valence-corrected chi connectivity index (χ2v) is 3.81. The maximum absolute atomic E-state index is 12.3. The second-order valence-electron chi connectivity index (χ2n) is 3.81. The molecule has 0 aliphatic carbocycles. The Kier molecular flexibility index (Phi) is 3.27. The van der Waals surface area contributed by atoms with Crippen molar-refractivity contribution in [3.63, 3.8) is 0 Å². The molecule has 0 fully saturated rings. The highest BCUT2D eigenvalue weighted by Crippen LogP contribution is 2.29. The van der Waals surface area contributed by atoms with Crippen LogP contribution in [0.1, 0.15) is 24.3 Å². The molecule has 0 spiro atoms. The molecule has 96 valence electrons. The van der Waals surface area contributed by atoms with Gasteiger partial charge in [-0.2, -0.15) is 13.2 Å². The predicted molar refractivity (Wildman–Crippen MR) is 60.0 cm³/mol. The predicted octanol–water partition coefficient (Wildman–Crippen LogP) is 3.87. The molecule has 0 aliphatic heterocycles. The first-order valence-corrected chi connectivity index (χ1v) is 5.30. The van der Waals surface area contributed by atoms with Crippen LogP contribution in [0.3, 0.4) is 0 Å². The molecule has 1 unspecified atom stereocenters. The van der Waals surface area contributed by atoms with Gasteiger partial charge in [-0.15, -0.1) is 0 Å². The number of rotatable bonds is 3. The van der Waals surface area contributed by atoms with E-state index in [1.54, 1.807) is 12.1 Å². The highest BCUT2D eigenvalue weighted by atomic mass is 19.4. The van der Waals surface area contributed by atoms with Crippen molar-refractivity contribution >= 4 is 5.82 Å². The van der Waals surface area contributed by atoms with Crippen molar-refractivity contribution in [2.45, 2.75) is 19.1 Å². The number of alkyl halides is 3. The Bertz CT molecular complexity index is 491. The zero-order valence-corrected chi connectivity index (χ0v) is 9.53. The largest absolute Gasteiger partial charge is 0.467 e. The van der Waals surface area contributed by atoms with Crippen molar-refractivity contribution in [1.82, 2.24) is 4.98 Å². The van der Waals surface area contributed by atoms with Gasteiger partial charge in [-0.1, -0.05) is 0 Å². The number of hydrogen-bond donors (Lipinski definition) is 1. The molecule has 0 amide bonds. The van der Waals surface area contributed by atoms with E-state index in [0.717, 1.165) is 12.3 Å². The minimum atomic E-state index is -4.36. The smallest absolute Gasteiger partial charge is 0.417 e. The molecule has 0 aliphatic rings. The Labute approximate surface area is 102 Å². The molecule has 0 aromatic carbocycles. The fourth-order valence-corrected chi connectivity index (χ4v) is 1.48. The van der Waals surface area contributed by atoms with Gasteiger partial charge in [-0.05, 0) is 31.2 Å². The average molecular weight is 256 g/mol. The molecule has 6 heteroatoms. The van der Waals surface area contributed by atoms with Crippen molar-refractivity contribution in [2.24, 2.45) is 0 Å². The summed E-state index contributed by atoms with van der Waals surface area (Å²) in [6.07, 6.45) is -2.02. The molecule has 1 N–H and O–H groups in total. The van der Waals surface area contributed by atoms with E-state index in [9.17, 15) is 13.2 Å². The summed E-state index contributed by atoms with van der Waals surface area (Å²) in [5, 5.41) is 2.95. The van der Waals surface area contributed by atoms with Gasteiger partial charge in [0, 0.05) is 6.20 Å². The van der Waals surface area contributed by atoms with Crippen molar-refractivity contribution in [3.8, 4) is 0 Å². The Morgan fingerprint density at radius 3 is 2.56 bits per heavy atom. The van der Waals surface area contributed by atoms with E-state index in [1.807, 2.05) is 6.92 Å². The van der Waals surface area contributed by atoms with Crippen molar-refractivity contribution in [2.75, 3.05) is 5.32 Å². The Morgan fingerprint density at radius 1 is 1.28 bits per heavy atom. The highest BCUT2D eigenvalue weighted by Gasteiger charge is 2.30. The van der Waals surface area contributed by atoms with E-state index in [0.29, 0.717) is 11.6 Å². The first-order valence-electron chi connectivity index (χ1n) is 5.30. The van der Waals surface area contributed by atoms with Gasteiger partial charge >= 0.3 is 6.18 Å². The van der Waals surface area contributed by atoms with Crippen LogP contribution >= 0.6 is 0 Å². The summed E-state index contributed by atoms with van der Waals surface area (Å²) in [4.78, 5) is 3.72. The zero-order valence-electron chi connectivity index (χ0n) is 9.53. The molecule has 2 rings (SSSR count). The van der Waals surface area contributed by atoms with Crippen LogP contribution in [-0.4, -0.2) is 4.98 Å². The van der Waals surface area contributed by atoms with Crippen LogP contribution in [0.15, 0.2) is 41.1 Å². The summed E-state index contributed by atoms with van der Waals surface area (Å²) < 4.78 is 42.2. The molecule has 0 bridgehead atoms. The summed E-state index contributed by atoms with van der Waals surface area (Å²) >= 11 is 0. The number of aromatic nitrogens is 1. The fraction of sp³-hybridized carbons (Fsp3) is 0.250. The number of hydrogen-bond acceptors (Lipinski definition) is 3. The van der Waals surface area contributed by atoms with E-state index in [1.165, 1.54) is 12.3 Å². The lowest BCUT2D eigenvalue weighted by Crippen LogP contribution is -2.09.